The zero-order valence-corrected chi connectivity index (χ0v) is 24.5. The molecule has 0 heterocycles. The van der Waals surface area contributed by atoms with Gasteiger partial charge in [0.25, 0.3) is 0 Å². The van der Waals surface area contributed by atoms with Crippen molar-refractivity contribution in [3.05, 3.63) is 0 Å². The first-order valence-electron chi connectivity index (χ1n) is 5.73. The maximum absolute atomic E-state index is 10.6. The summed E-state index contributed by atoms with van der Waals surface area (Å²) in [6, 6.07) is 0. The van der Waals surface area contributed by atoms with E-state index in [1.54, 1.807) is 0 Å². The molecule has 0 aliphatic heterocycles. The molecule has 0 rings (SSSR count). The van der Waals surface area contributed by atoms with Crippen molar-refractivity contribution < 1.29 is 66.9 Å². The second-order valence-electron chi connectivity index (χ2n) is 3.69. The van der Waals surface area contributed by atoms with Crippen LogP contribution in [0.2, 0.25) is 0 Å². The van der Waals surface area contributed by atoms with Gasteiger partial charge >= 0.3 is 113 Å². The topological polar surface area (TPSA) is 266 Å². The molecule has 0 bridgehead atoms. The van der Waals surface area contributed by atoms with E-state index < -0.39 is 41.6 Å². The van der Waals surface area contributed by atoms with Gasteiger partial charge in [-0.2, -0.15) is 0 Å². The van der Waals surface area contributed by atoms with Gasteiger partial charge in [-0.15, -0.1) is 0 Å². The fraction of sp³-hybridized carbons (Fsp3) is 1.00. The molecular weight excluding hydrogens is 540 g/mol. The van der Waals surface area contributed by atoms with Crippen LogP contribution in [0.1, 0.15) is 13.8 Å². The molecule has 27 heavy (non-hydrogen) atoms. The van der Waals surface area contributed by atoms with E-state index in [0.29, 0.717) is 0 Å². The van der Waals surface area contributed by atoms with Crippen molar-refractivity contribution in [3.63, 3.8) is 0 Å². The average molecular weight is 554 g/mol. The Morgan fingerprint density at radius 3 is 0.963 bits per heavy atom. The van der Waals surface area contributed by atoms with E-state index in [4.69, 9.17) is 10.2 Å². The Morgan fingerprint density at radius 2 is 0.852 bits per heavy atom. The molecule has 0 aromatic carbocycles. The summed E-state index contributed by atoms with van der Waals surface area (Å²) in [5.41, 5.74) is -5.99. The van der Waals surface area contributed by atoms with Gasteiger partial charge in [-0.25, -0.2) is 0 Å². The van der Waals surface area contributed by atoms with Gasteiger partial charge in [0, 0.05) is 0 Å². The summed E-state index contributed by atoms with van der Waals surface area (Å²) in [4.78, 5) is 61.2. The van der Waals surface area contributed by atoms with Crippen molar-refractivity contribution in [2.75, 3.05) is 13.2 Å². The minimum absolute atomic E-state index is 0. The fourth-order valence-corrected chi connectivity index (χ4v) is 5.00. The van der Waals surface area contributed by atoms with Crippen LogP contribution >= 0.6 is 30.4 Å². The zero-order chi connectivity index (χ0) is 20.0. The van der Waals surface area contributed by atoms with Gasteiger partial charge in [0.15, 0.2) is 15.2 Å². The first-order chi connectivity index (χ1) is 10.4. The molecule has 0 saturated carbocycles. The van der Waals surface area contributed by atoms with Crippen molar-refractivity contribution in [1.82, 2.24) is 0 Å². The van der Waals surface area contributed by atoms with Crippen LogP contribution < -0.4 is 29.4 Å². The van der Waals surface area contributed by atoms with Gasteiger partial charge in [0.1, 0.15) is 11.2 Å². The Bertz CT molecular complexity index is 525. The molecular formula is C6H14Ca3O14P4. The Balaban J connectivity index is -0.000000108. The maximum Gasteiger partial charge on any atom is 2.00 e. The molecule has 0 aromatic rings. The van der Waals surface area contributed by atoms with E-state index in [1.807, 2.05) is 0 Å². The van der Waals surface area contributed by atoms with E-state index in [1.165, 1.54) is 13.8 Å². The number of aliphatic hydroxyl groups excluding tert-OH is 2. The zero-order valence-electron chi connectivity index (χ0n) is 14.3. The summed E-state index contributed by atoms with van der Waals surface area (Å²) < 4.78 is 49.0. The summed E-state index contributed by atoms with van der Waals surface area (Å²) >= 11 is 0. The van der Waals surface area contributed by atoms with E-state index in [2.05, 4.69) is 9.05 Å². The summed E-state index contributed by atoms with van der Waals surface area (Å²) in [5.74, 6) is 0. The molecule has 0 saturated heterocycles. The minimum atomic E-state index is -5.55. The quantitative estimate of drug-likeness (QED) is 0.209. The Hall–Kier alpha value is 4.30. The van der Waals surface area contributed by atoms with Gasteiger partial charge in [0.05, 0.1) is 13.2 Å². The molecule has 0 spiro atoms. The van der Waals surface area contributed by atoms with Gasteiger partial charge < -0.3 is 66.9 Å². The summed E-state index contributed by atoms with van der Waals surface area (Å²) in [6.45, 7) is 1.88. The second kappa shape index (κ2) is 17.7. The molecule has 0 amide bonds. The van der Waals surface area contributed by atoms with Crippen molar-refractivity contribution in [1.29, 1.82) is 0 Å². The molecule has 0 aliphatic rings. The molecule has 4 atom stereocenters. The van der Waals surface area contributed by atoms with Crippen molar-refractivity contribution >= 4 is 144 Å². The summed E-state index contributed by atoms with van der Waals surface area (Å²) in [5, 5.41) is 16.9. The van der Waals surface area contributed by atoms with Gasteiger partial charge in [-0.3, -0.25) is 0 Å². The number of hydrogen-bond donors (Lipinski definition) is 2. The number of hydrogen-bond acceptors (Lipinski definition) is 14. The van der Waals surface area contributed by atoms with Crippen LogP contribution in [0.5, 0.6) is 0 Å². The molecule has 21 heteroatoms. The number of rotatable bonds is 8. The molecule has 0 fully saturated rings. The maximum atomic E-state index is 10.6. The predicted octanol–water partition coefficient (Wildman–Crippen LogP) is -5.61. The summed E-state index contributed by atoms with van der Waals surface area (Å²) in [7, 11) is -21.1. The SMILES string of the molecule is CCOP(=O)([O-])C(O)P(=O)([O-])[O-].CCOP(=O)([O-])C(O)P(=O)([O-])[O-].[Ca+2].[Ca+2].[Ca+2]. The third-order valence-electron chi connectivity index (χ3n) is 1.75. The van der Waals surface area contributed by atoms with Crippen LogP contribution in [0, 0.1) is 0 Å². The first kappa shape index (κ1) is 41.5. The molecule has 14 nitrogen and oxygen atoms in total. The van der Waals surface area contributed by atoms with Crippen LogP contribution in [0.15, 0.2) is 0 Å². The first-order valence-corrected chi connectivity index (χ1v) is 12.2. The van der Waals surface area contributed by atoms with Crippen LogP contribution in [0.4, 0.5) is 0 Å². The molecule has 2 N–H and O–H groups in total. The fourth-order valence-electron chi connectivity index (χ4n) is 0.840. The molecule has 4 unspecified atom stereocenters. The monoisotopic (exact) mass is 554 g/mol. The third kappa shape index (κ3) is 18.4. The summed E-state index contributed by atoms with van der Waals surface area (Å²) in [6.07, 6.45) is 0. The standard InChI is InChI=1S/2C3H10O7P2.3Ca/c2*1-2-10-12(8,9)3(4)11(5,6)7;;;/h2*3-4H,2H2,1H3,(H,8,9)(H2,5,6,7);;;/q;;3*+2/p-6. The Morgan fingerprint density at radius 1 is 0.667 bits per heavy atom. The van der Waals surface area contributed by atoms with E-state index in [-0.39, 0.29) is 126 Å². The Kier molecular flexibility index (Phi) is 27.3. The van der Waals surface area contributed by atoms with Crippen LogP contribution in [-0.2, 0) is 27.3 Å². The van der Waals surface area contributed by atoms with Gasteiger partial charge in [-0.1, -0.05) is 0 Å². The van der Waals surface area contributed by atoms with E-state index in [9.17, 15) is 47.6 Å². The smallest absolute Gasteiger partial charge is 0.809 e. The van der Waals surface area contributed by atoms with E-state index >= 15 is 0 Å². The van der Waals surface area contributed by atoms with Crippen molar-refractivity contribution in [2.45, 2.75) is 25.0 Å². The van der Waals surface area contributed by atoms with Crippen molar-refractivity contribution in [2.24, 2.45) is 0 Å². The van der Waals surface area contributed by atoms with Crippen molar-refractivity contribution in [3.8, 4) is 0 Å². The van der Waals surface area contributed by atoms with Crippen LogP contribution in [0.3, 0.4) is 0 Å². The largest absolute Gasteiger partial charge is 2.00 e. The van der Waals surface area contributed by atoms with Crippen LogP contribution in [-0.4, -0.2) is 148 Å². The van der Waals surface area contributed by atoms with Gasteiger partial charge in [-0.05, 0) is 29.0 Å². The normalized spacial score (nSPS) is 17.9. The second-order valence-corrected chi connectivity index (χ2v) is 11.3. The molecule has 0 aromatic heterocycles. The predicted molar refractivity (Wildman–Crippen MR) is 83.0 cm³/mol. The average Bonchev–Trinajstić information content (AvgIpc) is 2.35. The van der Waals surface area contributed by atoms with E-state index in [0.717, 1.165) is 0 Å². The Labute approximate surface area is 244 Å². The van der Waals surface area contributed by atoms with Crippen LogP contribution in [0.25, 0.3) is 0 Å². The van der Waals surface area contributed by atoms with Gasteiger partial charge in [0.2, 0.25) is 0 Å². The number of aliphatic hydroxyl groups is 2. The molecule has 0 radical (unpaired) electrons. The minimum Gasteiger partial charge on any atom is -0.809 e. The third-order valence-corrected chi connectivity index (χ3v) is 8.64. The molecule has 0 aliphatic carbocycles. The molecule has 148 valence electrons.